The van der Waals surface area contributed by atoms with Crippen molar-refractivity contribution >= 4 is 23.6 Å². The lowest BCUT2D eigenvalue weighted by atomic mass is 9.92. The number of carbonyl (C=O) groups is 1. The Labute approximate surface area is 182 Å². The van der Waals surface area contributed by atoms with Gasteiger partial charge in [0, 0.05) is 49.9 Å². The predicted octanol–water partition coefficient (Wildman–Crippen LogP) is 3.15. The van der Waals surface area contributed by atoms with Gasteiger partial charge >= 0.3 is 0 Å². The van der Waals surface area contributed by atoms with Crippen LogP contribution in [0.15, 0.2) is 48.9 Å². The van der Waals surface area contributed by atoms with Crippen LogP contribution in [0, 0.1) is 12.8 Å². The van der Waals surface area contributed by atoms with E-state index in [-0.39, 0.29) is 5.91 Å². The van der Waals surface area contributed by atoms with E-state index in [2.05, 4.69) is 25.4 Å². The Bertz CT molecular complexity index is 1070. The second-order valence-electron chi connectivity index (χ2n) is 7.87. The van der Waals surface area contributed by atoms with Crippen LogP contribution in [-0.4, -0.2) is 48.6 Å². The van der Waals surface area contributed by atoms with Gasteiger partial charge in [-0.2, -0.15) is 5.10 Å². The number of piperidine rings is 1. The maximum absolute atomic E-state index is 12.5. The molecular formula is C23H27N7O. The van der Waals surface area contributed by atoms with Gasteiger partial charge in [-0.1, -0.05) is 6.07 Å². The zero-order valence-electron chi connectivity index (χ0n) is 17.9. The van der Waals surface area contributed by atoms with E-state index in [0.29, 0.717) is 5.92 Å². The molecule has 0 atom stereocenters. The van der Waals surface area contributed by atoms with E-state index < -0.39 is 0 Å². The molecule has 31 heavy (non-hydrogen) atoms. The molecule has 0 unspecified atom stereocenters. The van der Waals surface area contributed by atoms with Crippen molar-refractivity contribution in [3.63, 3.8) is 0 Å². The van der Waals surface area contributed by atoms with Gasteiger partial charge in [0.2, 0.25) is 5.91 Å². The molecule has 3 aromatic heterocycles. The van der Waals surface area contributed by atoms with Gasteiger partial charge in [-0.3, -0.25) is 9.48 Å². The molecule has 0 spiro atoms. The lowest BCUT2D eigenvalue weighted by molar-refractivity contribution is -0.127. The number of likely N-dealkylation sites (tertiary alicyclic amines) is 1. The van der Waals surface area contributed by atoms with Crippen molar-refractivity contribution in [3.05, 3.63) is 66.0 Å². The van der Waals surface area contributed by atoms with Crippen LogP contribution in [0.3, 0.4) is 0 Å². The maximum Gasteiger partial charge on any atom is 0.246 e. The molecule has 0 saturated carbocycles. The van der Waals surface area contributed by atoms with Crippen LogP contribution in [0.5, 0.6) is 0 Å². The van der Waals surface area contributed by atoms with E-state index in [1.807, 2.05) is 55.3 Å². The largest absolute Gasteiger partial charge is 0.339 e. The minimum absolute atomic E-state index is 0.0545. The van der Waals surface area contributed by atoms with Crippen molar-refractivity contribution in [1.29, 1.82) is 0 Å². The molecule has 8 nitrogen and oxygen atoms in total. The number of hydrogen-bond acceptors (Lipinski definition) is 6. The number of hydrogen-bond donors (Lipinski definition) is 1. The van der Waals surface area contributed by atoms with Gasteiger partial charge in [-0.25, -0.2) is 15.0 Å². The average molecular weight is 418 g/mol. The molecule has 0 bridgehead atoms. The highest BCUT2D eigenvalue weighted by Gasteiger charge is 2.22. The van der Waals surface area contributed by atoms with E-state index in [9.17, 15) is 4.79 Å². The molecule has 8 heteroatoms. The van der Waals surface area contributed by atoms with Crippen LogP contribution in [0.2, 0.25) is 0 Å². The van der Waals surface area contributed by atoms with E-state index in [4.69, 9.17) is 0 Å². The first-order valence-electron chi connectivity index (χ1n) is 10.5. The molecule has 1 amide bonds. The summed E-state index contributed by atoms with van der Waals surface area (Å²) in [5.74, 6) is 2.08. The number of rotatable bonds is 6. The lowest BCUT2D eigenvalue weighted by Gasteiger charge is -2.31. The summed E-state index contributed by atoms with van der Waals surface area (Å²) >= 11 is 0. The zero-order chi connectivity index (χ0) is 21.6. The Kier molecular flexibility index (Phi) is 6.35. The molecule has 0 aliphatic carbocycles. The molecule has 1 fully saturated rings. The van der Waals surface area contributed by atoms with Crippen molar-refractivity contribution < 1.29 is 4.79 Å². The number of pyridine rings is 1. The number of amides is 1. The van der Waals surface area contributed by atoms with Gasteiger partial charge in [0.25, 0.3) is 0 Å². The number of aromatic nitrogens is 5. The third kappa shape index (κ3) is 5.53. The summed E-state index contributed by atoms with van der Waals surface area (Å²) in [5, 5.41) is 7.36. The molecule has 3 aromatic rings. The quantitative estimate of drug-likeness (QED) is 0.620. The molecule has 1 saturated heterocycles. The first-order chi connectivity index (χ1) is 15.1. The summed E-state index contributed by atoms with van der Waals surface area (Å²) < 4.78 is 1.75. The fraction of sp³-hybridized carbons (Fsp3) is 0.348. The second kappa shape index (κ2) is 9.51. The minimum atomic E-state index is 0.0545. The van der Waals surface area contributed by atoms with Crippen LogP contribution in [-0.2, 0) is 18.3 Å². The van der Waals surface area contributed by atoms with Crippen molar-refractivity contribution in [2.24, 2.45) is 13.0 Å². The normalized spacial score (nSPS) is 14.8. The topological polar surface area (TPSA) is 88.8 Å². The monoisotopic (exact) mass is 417 g/mol. The highest BCUT2D eigenvalue weighted by molar-refractivity contribution is 5.91. The standard InChI is InChI=1S/C23H27N7O/c1-17-4-3-5-21(27-17)28-22-15-19(24-16-25-22)14-18-9-12-30(13-10-18)23(31)7-6-20-8-11-26-29(20)2/h3-8,11,15-16,18H,9-10,12-14H2,1-2H3,(H,24,25,27,28)/b7-6+. The van der Waals surface area contributed by atoms with Gasteiger partial charge in [-0.15, -0.1) is 0 Å². The van der Waals surface area contributed by atoms with Crippen LogP contribution in [0.4, 0.5) is 11.6 Å². The third-order valence-corrected chi connectivity index (χ3v) is 5.55. The molecular weight excluding hydrogens is 390 g/mol. The summed E-state index contributed by atoms with van der Waals surface area (Å²) in [6.45, 7) is 3.49. The summed E-state index contributed by atoms with van der Waals surface area (Å²) in [6.07, 6.45) is 9.59. The molecule has 160 valence electrons. The first-order valence-corrected chi connectivity index (χ1v) is 10.5. The fourth-order valence-corrected chi connectivity index (χ4v) is 3.78. The van der Waals surface area contributed by atoms with Gasteiger partial charge in [-0.05, 0) is 56.4 Å². The number of carbonyl (C=O) groups excluding carboxylic acids is 1. The highest BCUT2D eigenvalue weighted by Crippen LogP contribution is 2.22. The third-order valence-electron chi connectivity index (χ3n) is 5.55. The molecule has 0 radical (unpaired) electrons. The van der Waals surface area contributed by atoms with Gasteiger partial charge in [0.1, 0.15) is 18.0 Å². The average Bonchev–Trinajstić information content (AvgIpc) is 3.17. The molecule has 1 aliphatic rings. The van der Waals surface area contributed by atoms with Gasteiger partial charge < -0.3 is 10.2 Å². The van der Waals surface area contributed by atoms with Crippen molar-refractivity contribution in [3.8, 4) is 0 Å². The number of nitrogens with one attached hydrogen (secondary N) is 1. The smallest absolute Gasteiger partial charge is 0.246 e. The SMILES string of the molecule is Cc1cccc(Nc2cc(CC3CCN(C(=O)/C=C/c4ccnn4C)CC3)ncn2)n1. The number of nitrogens with zero attached hydrogens (tertiary/aromatic N) is 6. The summed E-state index contributed by atoms with van der Waals surface area (Å²) in [5.41, 5.74) is 2.87. The minimum Gasteiger partial charge on any atom is -0.339 e. The summed E-state index contributed by atoms with van der Waals surface area (Å²) in [6, 6.07) is 9.72. The Morgan fingerprint density at radius 2 is 2.03 bits per heavy atom. The van der Waals surface area contributed by atoms with Crippen LogP contribution < -0.4 is 5.32 Å². The lowest BCUT2D eigenvalue weighted by Crippen LogP contribution is -2.38. The molecule has 0 aromatic carbocycles. The summed E-state index contributed by atoms with van der Waals surface area (Å²) in [7, 11) is 1.86. The molecule has 1 aliphatic heterocycles. The van der Waals surface area contributed by atoms with E-state index in [1.165, 1.54) is 0 Å². The van der Waals surface area contributed by atoms with Crippen molar-refractivity contribution in [2.75, 3.05) is 18.4 Å². The fourth-order valence-electron chi connectivity index (χ4n) is 3.78. The maximum atomic E-state index is 12.5. The van der Waals surface area contributed by atoms with E-state index >= 15 is 0 Å². The van der Waals surface area contributed by atoms with Gasteiger partial charge in [0.15, 0.2) is 0 Å². The first kappa shape index (κ1) is 20.7. The van der Waals surface area contributed by atoms with Crippen molar-refractivity contribution in [1.82, 2.24) is 29.6 Å². The highest BCUT2D eigenvalue weighted by atomic mass is 16.2. The zero-order valence-corrected chi connectivity index (χ0v) is 17.9. The Hall–Kier alpha value is -3.55. The Balaban J connectivity index is 1.29. The molecule has 4 heterocycles. The molecule has 1 N–H and O–H groups in total. The number of aryl methyl sites for hydroxylation is 2. The van der Waals surface area contributed by atoms with E-state index in [0.717, 1.165) is 61.1 Å². The van der Waals surface area contributed by atoms with Crippen molar-refractivity contribution in [2.45, 2.75) is 26.2 Å². The number of anilines is 2. The van der Waals surface area contributed by atoms with Gasteiger partial charge in [0.05, 0.1) is 5.69 Å². The predicted molar refractivity (Wildman–Crippen MR) is 120 cm³/mol. The molecule has 4 rings (SSSR count). The summed E-state index contributed by atoms with van der Waals surface area (Å²) in [4.78, 5) is 27.6. The van der Waals surface area contributed by atoms with Crippen LogP contribution >= 0.6 is 0 Å². The Morgan fingerprint density at radius 3 is 2.77 bits per heavy atom. The van der Waals surface area contributed by atoms with Crippen LogP contribution in [0.25, 0.3) is 6.08 Å². The van der Waals surface area contributed by atoms with E-state index in [1.54, 1.807) is 23.3 Å². The van der Waals surface area contributed by atoms with Crippen LogP contribution in [0.1, 0.15) is 29.9 Å². The second-order valence-corrected chi connectivity index (χ2v) is 7.87. The Morgan fingerprint density at radius 1 is 1.19 bits per heavy atom.